The van der Waals surface area contributed by atoms with Gasteiger partial charge in [-0.3, -0.25) is 4.79 Å². The van der Waals surface area contributed by atoms with Gasteiger partial charge < -0.3 is 10.1 Å². The first-order valence-electron chi connectivity index (χ1n) is 8.50. The highest BCUT2D eigenvalue weighted by Gasteiger charge is 2.23. The van der Waals surface area contributed by atoms with Crippen molar-refractivity contribution < 1.29 is 22.7 Å². The molecule has 1 aliphatic rings. The molecule has 4 nitrogen and oxygen atoms in total. The number of benzene rings is 1. The van der Waals surface area contributed by atoms with Gasteiger partial charge in [-0.25, -0.2) is 13.8 Å². The highest BCUT2D eigenvalue weighted by atomic mass is 19.2. The van der Waals surface area contributed by atoms with Crippen LogP contribution in [0.1, 0.15) is 32.1 Å². The highest BCUT2D eigenvalue weighted by molar-refractivity contribution is 5.92. The van der Waals surface area contributed by atoms with Crippen LogP contribution in [0.15, 0.2) is 24.4 Å². The van der Waals surface area contributed by atoms with Crippen molar-refractivity contribution >= 4 is 11.7 Å². The fourth-order valence-corrected chi connectivity index (χ4v) is 3.25. The second-order valence-electron chi connectivity index (χ2n) is 6.32. The summed E-state index contributed by atoms with van der Waals surface area (Å²) in [5, 5.41) is 2.69. The van der Waals surface area contributed by atoms with E-state index in [1.807, 2.05) is 0 Å². The molecule has 0 bridgehead atoms. The summed E-state index contributed by atoms with van der Waals surface area (Å²) in [6, 6.07) is 3.42. The van der Waals surface area contributed by atoms with Crippen LogP contribution < -0.4 is 10.1 Å². The summed E-state index contributed by atoms with van der Waals surface area (Å²) in [5.41, 5.74) is 0.00848. The van der Waals surface area contributed by atoms with Gasteiger partial charge in [-0.15, -0.1) is 0 Å². The van der Waals surface area contributed by atoms with Gasteiger partial charge in [-0.2, -0.15) is 4.39 Å². The topological polar surface area (TPSA) is 51.2 Å². The summed E-state index contributed by atoms with van der Waals surface area (Å²) < 4.78 is 46.5. The number of nitrogens with zero attached hydrogens (tertiary/aromatic N) is 1. The maximum absolute atomic E-state index is 14.2. The monoisotopic (exact) mass is 364 g/mol. The number of halogens is 3. The Balaban J connectivity index is 1.91. The van der Waals surface area contributed by atoms with Crippen molar-refractivity contribution in [2.45, 2.75) is 32.1 Å². The van der Waals surface area contributed by atoms with Crippen LogP contribution in [0.5, 0.6) is 5.75 Å². The zero-order valence-electron chi connectivity index (χ0n) is 14.3. The number of ether oxygens (including phenoxy) is 1. The predicted octanol–water partition coefficient (Wildman–Crippen LogP) is 4.69. The minimum atomic E-state index is -1.20. The van der Waals surface area contributed by atoms with Gasteiger partial charge in [0.1, 0.15) is 11.6 Å². The van der Waals surface area contributed by atoms with Crippen LogP contribution in [0.4, 0.5) is 19.0 Å². The number of pyridine rings is 1. The number of nitrogens with one attached hydrogen (secondary N) is 1. The maximum atomic E-state index is 14.2. The third-order valence-electron chi connectivity index (χ3n) is 4.63. The number of hydrogen-bond acceptors (Lipinski definition) is 3. The molecule has 3 rings (SSSR count). The zero-order chi connectivity index (χ0) is 18.7. The first kappa shape index (κ1) is 18.2. The number of hydrogen-bond donors (Lipinski definition) is 1. The van der Waals surface area contributed by atoms with Crippen LogP contribution in [0.3, 0.4) is 0 Å². The number of amides is 1. The van der Waals surface area contributed by atoms with Crippen molar-refractivity contribution in [1.29, 1.82) is 0 Å². The van der Waals surface area contributed by atoms with E-state index in [-0.39, 0.29) is 28.8 Å². The summed E-state index contributed by atoms with van der Waals surface area (Å²) in [5.74, 6) is -3.52. The zero-order valence-corrected chi connectivity index (χ0v) is 14.3. The van der Waals surface area contributed by atoms with Gasteiger partial charge in [0.05, 0.1) is 13.3 Å². The van der Waals surface area contributed by atoms with Crippen molar-refractivity contribution in [2.75, 3.05) is 12.4 Å². The van der Waals surface area contributed by atoms with Gasteiger partial charge in [0.15, 0.2) is 11.6 Å². The number of methoxy groups -OCH3 is 1. The second kappa shape index (κ2) is 7.76. The summed E-state index contributed by atoms with van der Waals surface area (Å²) in [6.45, 7) is 0. The van der Waals surface area contributed by atoms with Crippen LogP contribution in [0.2, 0.25) is 0 Å². The quantitative estimate of drug-likeness (QED) is 0.856. The molecule has 1 aliphatic carbocycles. The molecule has 7 heteroatoms. The van der Waals surface area contributed by atoms with Crippen molar-refractivity contribution in [3.05, 3.63) is 41.8 Å². The van der Waals surface area contributed by atoms with E-state index in [0.717, 1.165) is 44.4 Å². The first-order chi connectivity index (χ1) is 12.5. The number of anilines is 1. The molecule has 1 heterocycles. The van der Waals surface area contributed by atoms with Crippen molar-refractivity contribution in [3.63, 3.8) is 0 Å². The molecule has 1 saturated carbocycles. The number of rotatable bonds is 4. The Morgan fingerprint density at radius 1 is 1.12 bits per heavy atom. The van der Waals surface area contributed by atoms with E-state index >= 15 is 0 Å². The van der Waals surface area contributed by atoms with Gasteiger partial charge in [0.25, 0.3) is 0 Å². The minimum Gasteiger partial charge on any atom is -0.493 e. The maximum Gasteiger partial charge on any atom is 0.228 e. The molecule has 2 aromatic rings. The van der Waals surface area contributed by atoms with Crippen LogP contribution in [0, 0.1) is 23.4 Å². The lowest BCUT2D eigenvalue weighted by Crippen LogP contribution is -2.25. The summed E-state index contributed by atoms with van der Waals surface area (Å²) in [4.78, 5) is 16.2. The molecule has 0 unspecified atom stereocenters. The van der Waals surface area contributed by atoms with Crippen LogP contribution in [-0.4, -0.2) is 18.0 Å². The average Bonchev–Trinajstić information content (AvgIpc) is 2.66. The molecular weight excluding hydrogens is 345 g/mol. The molecule has 1 aromatic carbocycles. The fraction of sp³-hybridized carbons (Fsp3) is 0.368. The Morgan fingerprint density at radius 2 is 1.85 bits per heavy atom. The third kappa shape index (κ3) is 3.66. The Kier molecular flexibility index (Phi) is 5.44. The molecule has 0 radical (unpaired) electrons. The molecule has 0 aliphatic heterocycles. The molecule has 1 fully saturated rings. The van der Waals surface area contributed by atoms with E-state index in [9.17, 15) is 18.0 Å². The molecule has 138 valence electrons. The molecule has 1 aromatic heterocycles. The Bertz CT molecular complexity index is 821. The van der Waals surface area contributed by atoms with Crippen molar-refractivity contribution in [3.8, 4) is 16.9 Å². The lowest BCUT2D eigenvalue weighted by molar-refractivity contribution is -0.120. The first-order valence-corrected chi connectivity index (χ1v) is 8.50. The van der Waals surface area contributed by atoms with E-state index in [2.05, 4.69) is 10.3 Å². The largest absolute Gasteiger partial charge is 0.493 e. The number of carbonyl (C=O) groups excluding carboxylic acids is 1. The molecule has 1 N–H and O–H groups in total. The second-order valence-corrected chi connectivity index (χ2v) is 6.32. The van der Waals surface area contributed by atoms with E-state index < -0.39 is 23.2 Å². The van der Waals surface area contributed by atoms with E-state index in [1.54, 1.807) is 0 Å². The Labute approximate surface area is 149 Å². The SMILES string of the molecule is COc1c(-c2cc(NC(=O)C3CCCCC3)ncc2F)ccc(F)c1F. The van der Waals surface area contributed by atoms with Gasteiger partial charge >= 0.3 is 0 Å². The van der Waals surface area contributed by atoms with Gasteiger partial charge in [0.2, 0.25) is 11.7 Å². The smallest absolute Gasteiger partial charge is 0.228 e. The molecule has 26 heavy (non-hydrogen) atoms. The third-order valence-corrected chi connectivity index (χ3v) is 4.63. The molecular formula is C19H19F3N2O2. The standard InChI is InChI=1S/C19H19F3N2O2/c1-26-18-12(7-8-14(20)17(18)22)13-9-16(23-10-15(13)21)24-19(25)11-5-3-2-4-6-11/h7-11H,2-6H2,1H3,(H,23,24,25). The lowest BCUT2D eigenvalue weighted by Gasteiger charge is -2.20. The van der Waals surface area contributed by atoms with Crippen LogP contribution in [0.25, 0.3) is 11.1 Å². The van der Waals surface area contributed by atoms with Crippen LogP contribution in [-0.2, 0) is 4.79 Å². The Morgan fingerprint density at radius 3 is 2.54 bits per heavy atom. The van der Waals surface area contributed by atoms with E-state index in [0.29, 0.717) is 0 Å². The van der Waals surface area contributed by atoms with E-state index in [1.165, 1.54) is 19.2 Å². The summed E-state index contributed by atoms with van der Waals surface area (Å²) in [6.07, 6.45) is 5.71. The fourth-order valence-electron chi connectivity index (χ4n) is 3.25. The van der Waals surface area contributed by atoms with Crippen LogP contribution >= 0.6 is 0 Å². The normalized spacial score (nSPS) is 14.9. The average molecular weight is 364 g/mol. The van der Waals surface area contributed by atoms with Gasteiger partial charge in [-0.05, 0) is 31.0 Å². The molecule has 0 spiro atoms. The van der Waals surface area contributed by atoms with Crippen molar-refractivity contribution in [2.24, 2.45) is 5.92 Å². The predicted molar refractivity (Wildman–Crippen MR) is 91.3 cm³/mol. The minimum absolute atomic E-state index is 0.0327. The Hall–Kier alpha value is -2.57. The van der Waals surface area contributed by atoms with Gasteiger partial charge in [0, 0.05) is 17.0 Å². The summed E-state index contributed by atoms with van der Waals surface area (Å²) in [7, 11) is 1.17. The molecule has 1 amide bonds. The van der Waals surface area contributed by atoms with Gasteiger partial charge in [-0.1, -0.05) is 19.3 Å². The van der Waals surface area contributed by atoms with Crippen molar-refractivity contribution in [1.82, 2.24) is 4.98 Å². The molecule has 0 saturated heterocycles. The lowest BCUT2D eigenvalue weighted by atomic mass is 9.89. The van der Waals surface area contributed by atoms with E-state index in [4.69, 9.17) is 4.74 Å². The molecule has 0 atom stereocenters. The highest BCUT2D eigenvalue weighted by Crippen LogP contribution is 2.36. The number of aromatic nitrogens is 1. The number of carbonyl (C=O) groups is 1. The summed E-state index contributed by atoms with van der Waals surface area (Å²) >= 11 is 0.